The van der Waals surface area contributed by atoms with Crippen molar-refractivity contribution in [3.63, 3.8) is 0 Å². The van der Waals surface area contributed by atoms with E-state index in [-0.39, 0.29) is 28.2 Å². The molecule has 2 rings (SSSR count). The van der Waals surface area contributed by atoms with Gasteiger partial charge in [-0.3, -0.25) is 15.8 Å². The molecular formula is C16H20N4O4-2. The first-order valence-electron chi connectivity index (χ1n) is 7.42. The molecule has 0 aliphatic heterocycles. The summed E-state index contributed by atoms with van der Waals surface area (Å²) in [5, 5.41) is 43.7. The number of rotatable bonds is 5. The first kappa shape index (κ1) is 18.0. The number of hydrazone groups is 1. The van der Waals surface area contributed by atoms with Gasteiger partial charge in [-0.05, 0) is 51.0 Å². The molecule has 0 saturated heterocycles. The van der Waals surface area contributed by atoms with Crippen LogP contribution >= 0.6 is 0 Å². The van der Waals surface area contributed by atoms with Gasteiger partial charge in [0.25, 0.3) is 0 Å². The lowest BCUT2D eigenvalue weighted by molar-refractivity contribution is 0.0295. The summed E-state index contributed by atoms with van der Waals surface area (Å²) in [4.78, 5) is 0. The quantitative estimate of drug-likeness (QED) is 0.555. The van der Waals surface area contributed by atoms with E-state index in [4.69, 9.17) is 0 Å². The molecule has 1 aromatic carbocycles. The lowest BCUT2D eigenvalue weighted by atomic mass is 9.84. The summed E-state index contributed by atoms with van der Waals surface area (Å²) >= 11 is 0. The zero-order chi connectivity index (χ0) is 17.9. The van der Waals surface area contributed by atoms with Gasteiger partial charge in [0.15, 0.2) is 0 Å². The molecule has 8 heteroatoms. The van der Waals surface area contributed by atoms with Gasteiger partial charge in [-0.2, -0.15) is 5.10 Å². The van der Waals surface area contributed by atoms with Crippen molar-refractivity contribution in [1.82, 2.24) is 0 Å². The molecule has 0 amide bonds. The lowest BCUT2D eigenvalue weighted by Gasteiger charge is -2.37. The number of hydrogen-bond donors (Lipinski definition) is 3. The number of anilines is 3. The average molecular weight is 332 g/mol. The number of nitrogens with one attached hydrogen (secondary N) is 1. The van der Waals surface area contributed by atoms with Gasteiger partial charge in [-0.15, -0.1) is 5.23 Å². The van der Waals surface area contributed by atoms with Crippen LogP contribution in [0, 0.1) is 16.3 Å². The predicted octanol–water partition coefficient (Wildman–Crippen LogP) is 3.77. The molecule has 0 saturated carbocycles. The molecule has 8 nitrogen and oxygen atoms in total. The predicted molar refractivity (Wildman–Crippen MR) is 94.1 cm³/mol. The maximum Gasteiger partial charge on any atom is 0.121 e. The normalized spacial score (nSPS) is 19.0. The third-order valence-electron chi connectivity index (χ3n) is 3.89. The van der Waals surface area contributed by atoms with E-state index in [0.29, 0.717) is 0 Å². The first-order valence-corrected chi connectivity index (χ1v) is 7.42. The maximum absolute atomic E-state index is 10.8. The van der Waals surface area contributed by atoms with Crippen LogP contribution in [0.25, 0.3) is 0 Å². The van der Waals surface area contributed by atoms with E-state index in [1.165, 1.54) is 17.7 Å². The fourth-order valence-corrected chi connectivity index (χ4v) is 2.57. The highest BCUT2D eigenvalue weighted by atomic mass is 16.8. The highest BCUT2D eigenvalue weighted by Gasteiger charge is 2.20. The molecule has 24 heavy (non-hydrogen) atoms. The van der Waals surface area contributed by atoms with E-state index in [1.807, 2.05) is 19.9 Å². The minimum atomic E-state index is -0.618. The molecule has 0 aromatic heterocycles. The van der Waals surface area contributed by atoms with Crippen LogP contribution in [-0.2, 0) is 0 Å². The third-order valence-corrected chi connectivity index (χ3v) is 3.89. The number of benzene rings is 1. The summed E-state index contributed by atoms with van der Waals surface area (Å²) in [6, 6.07) is 3.67. The largest absolute Gasteiger partial charge is 0.769 e. The van der Waals surface area contributed by atoms with Gasteiger partial charge in [-0.25, -0.2) is 0 Å². The topological polar surface area (TPSA) is 117 Å². The molecule has 3 N–H and O–H groups in total. The van der Waals surface area contributed by atoms with Crippen molar-refractivity contribution in [1.29, 1.82) is 0 Å². The van der Waals surface area contributed by atoms with Crippen molar-refractivity contribution in [2.75, 3.05) is 15.9 Å². The van der Waals surface area contributed by atoms with Crippen LogP contribution in [0.3, 0.4) is 0 Å². The molecular weight excluding hydrogens is 312 g/mol. The van der Waals surface area contributed by atoms with E-state index < -0.39 is 5.23 Å². The second-order valence-electron chi connectivity index (χ2n) is 5.82. The Morgan fingerprint density at radius 1 is 1.38 bits per heavy atom. The summed E-state index contributed by atoms with van der Waals surface area (Å²) < 4.78 is 0. The van der Waals surface area contributed by atoms with Crippen LogP contribution in [0.2, 0.25) is 0 Å². The minimum Gasteiger partial charge on any atom is -0.769 e. The van der Waals surface area contributed by atoms with Crippen molar-refractivity contribution in [3.05, 3.63) is 52.4 Å². The monoisotopic (exact) mass is 332 g/mol. The lowest BCUT2D eigenvalue weighted by Crippen LogP contribution is -2.20. The molecule has 0 radical (unpaired) electrons. The average Bonchev–Trinajstić information content (AvgIpc) is 2.52. The molecule has 1 atom stereocenters. The second kappa shape index (κ2) is 7.45. The van der Waals surface area contributed by atoms with E-state index in [2.05, 4.69) is 17.1 Å². The summed E-state index contributed by atoms with van der Waals surface area (Å²) in [5.74, 6) is 0.113. The van der Waals surface area contributed by atoms with Gasteiger partial charge in [0.1, 0.15) is 5.69 Å². The van der Waals surface area contributed by atoms with Gasteiger partial charge in [-0.1, -0.05) is 17.7 Å². The smallest absolute Gasteiger partial charge is 0.121 e. The van der Waals surface area contributed by atoms with E-state index in [9.17, 15) is 20.8 Å². The van der Waals surface area contributed by atoms with Crippen LogP contribution < -0.4 is 15.9 Å². The van der Waals surface area contributed by atoms with Crippen molar-refractivity contribution < 1.29 is 10.4 Å². The third kappa shape index (κ3) is 4.12. The highest BCUT2D eigenvalue weighted by Crippen LogP contribution is 2.31. The Bertz CT molecular complexity index is 683. The Kier molecular flexibility index (Phi) is 5.58. The number of allylic oxidation sites excluding steroid dienone is 3. The number of hydrogen-bond acceptors (Lipinski definition) is 8. The Labute approximate surface area is 140 Å². The van der Waals surface area contributed by atoms with Crippen LogP contribution in [0.4, 0.5) is 17.1 Å². The van der Waals surface area contributed by atoms with E-state index >= 15 is 0 Å². The molecule has 1 aromatic rings. The highest BCUT2D eigenvalue weighted by molar-refractivity contribution is 6.00. The Morgan fingerprint density at radius 2 is 2.08 bits per heavy atom. The minimum absolute atomic E-state index is 0.113. The standard InChI is InChI=1S/C16H20N4O4/c1-10(2)13-6-4-11(3)8-15(13)18-17-14-7-5-12(19(21)22)9-16(14)20(23)24/h5,7-9,13,17,23-24H,1,4,6H2,2-3H3/q-2/t13-/m1/s1. The Balaban J connectivity index is 2.32. The Morgan fingerprint density at radius 3 is 2.67 bits per heavy atom. The molecule has 0 fully saturated rings. The van der Waals surface area contributed by atoms with Crippen LogP contribution in [-0.4, -0.2) is 16.1 Å². The van der Waals surface area contributed by atoms with Gasteiger partial charge in [0.2, 0.25) is 0 Å². The van der Waals surface area contributed by atoms with Crippen molar-refractivity contribution in [2.45, 2.75) is 26.7 Å². The number of nitrogens with zero attached hydrogens (tertiary/aromatic N) is 3. The summed E-state index contributed by atoms with van der Waals surface area (Å²) in [6.07, 6.45) is 3.86. The van der Waals surface area contributed by atoms with Crippen molar-refractivity contribution in [3.8, 4) is 0 Å². The SMILES string of the molecule is C=C(C)[C@H]1CCC(C)=CC1=NNc1ccc(N([O-])[O-])cc1N(O)O. The van der Waals surface area contributed by atoms with Gasteiger partial charge >= 0.3 is 0 Å². The maximum atomic E-state index is 10.8. The zero-order valence-corrected chi connectivity index (χ0v) is 13.6. The molecule has 1 aliphatic rings. The van der Waals surface area contributed by atoms with E-state index in [1.54, 1.807) is 0 Å². The molecule has 130 valence electrons. The molecule has 0 bridgehead atoms. The van der Waals surface area contributed by atoms with Gasteiger partial charge in [0.05, 0.1) is 11.4 Å². The van der Waals surface area contributed by atoms with Crippen molar-refractivity contribution >= 4 is 22.8 Å². The molecule has 0 spiro atoms. The first-order chi connectivity index (χ1) is 11.3. The van der Waals surface area contributed by atoms with Gasteiger partial charge < -0.3 is 15.6 Å². The fourth-order valence-electron chi connectivity index (χ4n) is 2.57. The summed E-state index contributed by atoms with van der Waals surface area (Å²) in [7, 11) is 0. The zero-order valence-electron chi connectivity index (χ0n) is 13.6. The molecule has 0 heterocycles. The fraction of sp³-hybridized carbons (Fsp3) is 0.312. The van der Waals surface area contributed by atoms with Crippen LogP contribution in [0.5, 0.6) is 0 Å². The Hall–Kier alpha value is -2.39. The van der Waals surface area contributed by atoms with E-state index in [0.717, 1.165) is 30.2 Å². The van der Waals surface area contributed by atoms with Crippen LogP contribution in [0.1, 0.15) is 26.7 Å². The van der Waals surface area contributed by atoms with Crippen molar-refractivity contribution in [2.24, 2.45) is 11.0 Å². The van der Waals surface area contributed by atoms with Crippen LogP contribution in [0.15, 0.2) is 47.1 Å². The summed E-state index contributed by atoms with van der Waals surface area (Å²) in [5.41, 5.74) is 5.54. The molecule has 0 unspecified atom stereocenters. The van der Waals surface area contributed by atoms with Gasteiger partial charge in [0, 0.05) is 11.6 Å². The summed E-state index contributed by atoms with van der Waals surface area (Å²) in [6.45, 7) is 7.94. The second-order valence-corrected chi connectivity index (χ2v) is 5.82. The molecule has 1 aliphatic carbocycles.